The van der Waals surface area contributed by atoms with Gasteiger partial charge in [-0.15, -0.1) is 0 Å². The summed E-state index contributed by atoms with van der Waals surface area (Å²) in [6, 6.07) is 18.4. The van der Waals surface area contributed by atoms with Gasteiger partial charge in [-0.1, -0.05) is 50.2 Å². The summed E-state index contributed by atoms with van der Waals surface area (Å²) in [7, 11) is 2.91. The SMILES string of the molecule is CNC(=O)N1CCN(c2ccc(C(=O)Nc3ccc(-c4ccc(-c5cnc(C6CCCN6C(=O)C(NC(=O)OC)C(C)C)[nH]5)cc4)cc3)cn2)CC1. The molecule has 2 aliphatic rings. The van der Waals surface area contributed by atoms with Crippen molar-refractivity contribution in [1.29, 1.82) is 0 Å². The first kappa shape index (κ1) is 35.9. The number of piperazine rings is 1. The zero-order valence-corrected chi connectivity index (χ0v) is 29.9. The van der Waals surface area contributed by atoms with Crippen LogP contribution in [0.25, 0.3) is 22.4 Å². The molecule has 0 saturated carbocycles. The highest BCUT2D eigenvalue weighted by atomic mass is 16.5. The molecule has 0 bridgehead atoms. The van der Waals surface area contributed by atoms with E-state index in [1.54, 1.807) is 35.3 Å². The first-order valence-corrected chi connectivity index (χ1v) is 17.5. The van der Waals surface area contributed by atoms with E-state index in [1.807, 2.05) is 68.4 Å². The van der Waals surface area contributed by atoms with Crippen molar-refractivity contribution in [3.8, 4) is 22.4 Å². The van der Waals surface area contributed by atoms with Gasteiger partial charge in [0.25, 0.3) is 5.91 Å². The van der Waals surface area contributed by atoms with Gasteiger partial charge in [-0.05, 0) is 59.7 Å². The van der Waals surface area contributed by atoms with E-state index in [4.69, 9.17) is 4.74 Å². The summed E-state index contributed by atoms with van der Waals surface area (Å²) in [4.78, 5) is 68.4. The maximum Gasteiger partial charge on any atom is 0.407 e. The van der Waals surface area contributed by atoms with Crippen molar-refractivity contribution < 1.29 is 23.9 Å². The number of hydrogen-bond donors (Lipinski definition) is 4. The largest absolute Gasteiger partial charge is 0.453 e. The maximum absolute atomic E-state index is 13.5. The highest BCUT2D eigenvalue weighted by Crippen LogP contribution is 2.33. The molecule has 14 nitrogen and oxygen atoms in total. The Morgan fingerprint density at radius 3 is 2.13 bits per heavy atom. The molecule has 4 aromatic rings. The first-order chi connectivity index (χ1) is 25.1. The number of imidazole rings is 1. The third kappa shape index (κ3) is 8.01. The molecule has 4 heterocycles. The molecule has 0 aliphatic carbocycles. The average Bonchev–Trinajstić information content (AvgIpc) is 3.87. The van der Waals surface area contributed by atoms with Crippen LogP contribution < -0.4 is 20.9 Å². The topological polar surface area (TPSA) is 165 Å². The predicted molar refractivity (Wildman–Crippen MR) is 198 cm³/mol. The lowest BCUT2D eigenvalue weighted by Gasteiger charge is -2.35. The van der Waals surface area contributed by atoms with Gasteiger partial charge in [0.05, 0.1) is 30.6 Å². The Bertz CT molecular complexity index is 1870. The van der Waals surface area contributed by atoms with Gasteiger partial charge in [0.2, 0.25) is 5.91 Å². The second-order valence-electron chi connectivity index (χ2n) is 13.3. The van der Waals surface area contributed by atoms with Gasteiger partial charge in [-0.2, -0.15) is 0 Å². The van der Waals surface area contributed by atoms with Crippen LogP contribution >= 0.6 is 0 Å². The monoisotopic (exact) mass is 707 g/mol. The van der Waals surface area contributed by atoms with Crippen LogP contribution in [0.5, 0.6) is 0 Å². The second kappa shape index (κ2) is 16.0. The fourth-order valence-corrected chi connectivity index (χ4v) is 6.64. The number of pyridine rings is 1. The Kier molecular flexibility index (Phi) is 11.0. The van der Waals surface area contributed by atoms with Gasteiger partial charge in [0.15, 0.2) is 0 Å². The van der Waals surface area contributed by atoms with E-state index in [0.717, 1.165) is 41.0 Å². The summed E-state index contributed by atoms with van der Waals surface area (Å²) in [5, 5.41) is 8.28. The lowest BCUT2D eigenvalue weighted by molar-refractivity contribution is -0.135. The molecule has 0 radical (unpaired) electrons. The quantitative estimate of drug-likeness (QED) is 0.191. The van der Waals surface area contributed by atoms with Crippen LogP contribution in [0.3, 0.4) is 0 Å². The maximum atomic E-state index is 13.5. The Balaban J connectivity index is 1.04. The van der Waals surface area contributed by atoms with Gasteiger partial charge in [0, 0.05) is 51.7 Å². The molecule has 4 N–H and O–H groups in total. The highest BCUT2D eigenvalue weighted by Gasteiger charge is 2.37. The van der Waals surface area contributed by atoms with E-state index in [2.05, 4.69) is 35.8 Å². The number of H-pyrrole nitrogens is 1. The van der Waals surface area contributed by atoms with Gasteiger partial charge in [0.1, 0.15) is 17.7 Å². The van der Waals surface area contributed by atoms with Crippen LogP contribution in [0.15, 0.2) is 73.1 Å². The summed E-state index contributed by atoms with van der Waals surface area (Å²) in [5.74, 6) is 0.990. The number of aromatic nitrogens is 3. The van der Waals surface area contributed by atoms with E-state index in [9.17, 15) is 19.2 Å². The zero-order valence-electron chi connectivity index (χ0n) is 29.9. The van der Waals surface area contributed by atoms with Crippen molar-refractivity contribution in [2.24, 2.45) is 5.92 Å². The lowest BCUT2D eigenvalue weighted by Crippen LogP contribution is -2.51. The molecule has 2 fully saturated rings. The van der Waals surface area contributed by atoms with E-state index in [1.165, 1.54) is 7.11 Å². The van der Waals surface area contributed by atoms with Crippen molar-refractivity contribution >= 4 is 35.4 Å². The van der Waals surface area contributed by atoms with Crippen LogP contribution in [0.4, 0.5) is 21.1 Å². The van der Waals surface area contributed by atoms with Crippen molar-refractivity contribution in [2.45, 2.75) is 38.8 Å². The van der Waals surface area contributed by atoms with Gasteiger partial charge < -0.3 is 40.4 Å². The third-order valence-corrected chi connectivity index (χ3v) is 9.63. The number of methoxy groups -OCH3 is 1. The van der Waals surface area contributed by atoms with Gasteiger partial charge >= 0.3 is 12.1 Å². The normalized spacial score (nSPS) is 16.4. The first-order valence-electron chi connectivity index (χ1n) is 17.5. The molecule has 14 heteroatoms. The van der Waals surface area contributed by atoms with E-state index < -0.39 is 12.1 Å². The molecule has 2 unspecified atom stereocenters. The molecule has 0 spiro atoms. The second-order valence-corrected chi connectivity index (χ2v) is 13.3. The molecule has 2 aromatic carbocycles. The number of aromatic amines is 1. The molecule has 6 rings (SSSR count). The standard InChI is InChI=1S/C38H45N9O5/c1-24(2)33(44-38(51)52-4)36(49)47-17-5-6-31(47)34-41-23-30(43-34)27-9-7-25(8-10-27)26-11-14-29(15-12-26)42-35(48)28-13-16-32(40-22-28)45-18-20-46(21-19-45)37(50)39-3/h7-16,22-24,31,33H,5-6,17-21H2,1-4H3,(H,39,50)(H,41,43)(H,42,48)(H,44,51). The smallest absolute Gasteiger partial charge is 0.407 e. The number of ether oxygens (including phenoxy) is 1. The van der Waals surface area contributed by atoms with Gasteiger partial charge in [-0.3, -0.25) is 9.59 Å². The summed E-state index contributed by atoms with van der Waals surface area (Å²) >= 11 is 0. The number of likely N-dealkylation sites (tertiary alicyclic amines) is 1. The number of benzene rings is 2. The number of anilines is 2. The number of nitrogens with one attached hydrogen (secondary N) is 4. The number of rotatable bonds is 9. The minimum Gasteiger partial charge on any atom is -0.453 e. The Hall–Kier alpha value is -5.92. The average molecular weight is 708 g/mol. The molecule has 2 atom stereocenters. The van der Waals surface area contributed by atoms with Crippen LogP contribution in [0.1, 0.15) is 48.9 Å². The number of nitrogens with zero attached hydrogens (tertiary/aromatic N) is 5. The zero-order chi connectivity index (χ0) is 36.8. The molecule has 2 aromatic heterocycles. The third-order valence-electron chi connectivity index (χ3n) is 9.63. The Morgan fingerprint density at radius 2 is 1.52 bits per heavy atom. The summed E-state index contributed by atoms with van der Waals surface area (Å²) in [6.45, 7) is 6.95. The van der Waals surface area contributed by atoms with Crippen molar-refractivity contribution in [1.82, 2.24) is 35.4 Å². The van der Waals surface area contributed by atoms with Gasteiger partial charge in [-0.25, -0.2) is 19.6 Å². The molecule has 5 amide bonds. The number of carbonyl (C=O) groups excluding carboxylic acids is 4. The van der Waals surface area contributed by atoms with Crippen molar-refractivity contribution in [3.05, 3.63) is 84.4 Å². The van der Waals surface area contributed by atoms with Crippen LogP contribution in [-0.2, 0) is 9.53 Å². The van der Waals surface area contributed by atoms with E-state index in [0.29, 0.717) is 49.8 Å². The minimum atomic E-state index is -0.688. The summed E-state index contributed by atoms with van der Waals surface area (Å²) < 4.78 is 4.74. The van der Waals surface area contributed by atoms with Crippen LogP contribution in [0.2, 0.25) is 0 Å². The number of hydrogen-bond acceptors (Lipinski definition) is 8. The number of amides is 5. The minimum absolute atomic E-state index is 0.0803. The molecule has 2 saturated heterocycles. The van der Waals surface area contributed by atoms with Crippen molar-refractivity contribution in [3.63, 3.8) is 0 Å². The molecule has 52 heavy (non-hydrogen) atoms. The number of carbonyl (C=O) groups is 4. The van der Waals surface area contributed by atoms with Crippen LogP contribution in [0, 0.1) is 5.92 Å². The summed E-state index contributed by atoms with van der Waals surface area (Å²) in [5.41, 5.74) is 4.95. The van der Waals surface area contributed by atoms with E-state index in [-0.39, 0.29) is 29.8 Å². The predicted octanol–water partition coefficient (Wildman–Crippen LogP) is 4.90. The Labute approximate surface area is 302 Å². The number of urea groups is 1. The Morgan fingerprint density at radius 1 is 0.846 bits per heavy atom. The molecule has 272 valence electrons. The van der Waals surface area contributed by atoms with Crippen LogP contribution in [-0.4, -0.2) is 102 Å². The summed E-state index contributed by atoms with van der Waals surface area (Å²) in [6.07, 6.45) is 4.36. The lowest BCUT2D eigenvalue weighted by atomic mass is 10.0. The van der Waals surface area contributed by atoms with Crippen molar-refractivity contribution in [2.75, 3.05) is 57.1 Å². The van der Waals surface area contributed by atoms with E-state index >= 15 is 0 Å². The number of alkyl carbamates (subject to hydrolysis) is 1. The fourth-order valence-electron chi connectivity index (χ4n) is 6.64. The molecular weight excluding hydrogens is 662 g/mol. The highest BCUT2D eigenvalue weighted by molar-refractivity contribution is 6.04. The fraction of sp³-hybridized carbons (Fsp3) is 0.368. The molecule has 2 aliphatic heterocycles. The molecular formula is C38H45N9O5.